The first-order valence-corrected chi connectivity index (χ1v) is 5.45. The summed E-state index contributed by atoms with van der Waals surface area (Å²) in [5.74, 6) is -0.202. The van der Waals surface area contributed by atoms with Gasteiger partial charge in [-0.25, -0.2) is 0 Å². The average molecular weight is 235 g/mol. The molecule has 1 aromatic rings. The normalized spacial score (nSPS) is 11.4. The van der Waals surface area contributed by atoms with Crippen molar-refractivity contribution in [2.24, 2.45) is 5.41 Å². The fourth-order valence-corrected chi connectivity index (χ4v) is 1.54. The van der Waals surface area contributed by atoms with E-state index in [0.717, 1.165) is 11.1 Å². The van der Waals surface area contributed by atoms with Crippen LogP contribution in [-0.2, 0) is 0 Å². The molecule has 0 radical (unpaired) electrons. The van der Waals surface area contributed by atoms with Crippen LogP contribution in [0.25, 0.3) is 0 Å². The summed E-state index contributed by atoms with van der Waals surface area (Å²) >= 11 is 0. The minimum atomic E-state index is -0.619. The second-order valence-electron chi connectivity index (χ2n) is 5.29. The SMILES string of the molecule is Cc1cc(C(=O)C(C)(C)C)c([N+](=O)[O-])cc1C. The Kier molecular flexibility index (Phi) is 3.36. The van der Waals surface area contributed by atoms with E-state index in [4.69, 9.17) is 0 Å². The van der Waals surface area contributed by atoms with Crippen molar-refractivity contribution in [1.82, 2.24) is 0 Å². The van der Waals surface area contributed by atoms with E-state index in [0.29, 0.717) is 0 Å². The Bertz CT molecular complexity index is 484. The predicted octanol–water partition coefficient (Wildman–Crippen LogP) is 3.44. The number of ketones is 1. The van der Waals surface area contributed by atoms with Gasteiger partial charge in [-0.15, -0.1) is 0 Å². The summed E-state index contributed by atoms with van der Waals surface area (Å²) in [6.45, 7) is 8.92. The van der Waals surface area contributed by atoms with Crippen LogP contribution in [-0.4, -0.2) is 10.7 Å². The zero-order chi connectivity index (χ0) is 13.4. The maximum Gasteiger partial charge on any atom is 0.280 e. The van der Waals surface area contributed by atoms with Gasteiger partial charge in [-0.1, -0.05) is 20.8 Å². The van der Waals surface area contributed by atoms with E-state index >= 15 is 0 Å². The zero-order valence-corrected chi connectivity index (χ0v) is 10.8. The first-order chi connectivity index (χ1) is 7.64. The van der Waals surface area contributed by atoms with E-state index in [1.807, 2.05) is 6.92 Å². The van der Waals surface area contributed by atoms with Gasteiger partial charge in [0.2, 0.25) is 0 Å². The molecule has 4 nitrogen and oxygen atoms in total. The number of carbonyl (C=O) groups is 1. The van der Waals surface area contributed by atoms with Gasteiger partial charge >= 0.3 is 0 Å². The van der Waals surface area contributed by atoms with Gasteiger partial charge in [0.05, 0.1) is 10.5 Å². The van der Waals surface area contributed by atoms with Gasteiger partial charge < -0.3 is 0 Å². The molecule has 0 aliphatic carbocycles. The van der Waals surface area contributed by atoms with Crippen LogP contribution >= 0.6 is 0 Å². The van der Waals surface area contributed by atoms with Crippen LogP contribution in [0.4, 0.5) is 5.69 Å². The highest BCUT2D eigenvalue weighted by atomic mass is 16.6. The molecular formula is C13H17NO3. The molecule has 0 N–H and O–H groups in total. The van der Waals surface area contributed by atoms with Crippen LogP contribution in [0.15, 0.2) is 12.1 Å². The number of benzene rings is 1. The summed E-state index contributed by atoms with van der Waals surface area (Å²) in [5.41, 5.74) is 1.19. The molecule has 0 bridgehead atoms. The van der Waals surface area contributed by atoms with Crippen molar-refractivity contribution in [3.05, 3.63) is 38.9 Å². The molecule has 4 heteroatoms. The highest BCUT2D eigenvalue weighted by molar-refractivity contribution is 6.03. The first-order valence-electron chi connectivity index (χ1n) is 5.45. The van der Waals surface area contributed by atoms with E-state index in [2.05, 4.69) is 0 Å². The van der Waals surface area contributed by atoms with Crippen LogP contribution in [0.2, 0.25) is 0 Å². The number of nitrogens with zero attached hydrogens (tertiary/aromatic N) is 1. The van der Waals surface area contributed by atoms with Crippen LogP contribution in [0.1, 0.15) is 42.3 Å². The summed E-state index contributed by atoms with van der Waals surface area (Å²) in [7, 11) is 0. The molecule has 0 aliphatic heterocycles. The minimum Gasteiger partial charge on any atom is -0.293 e. The highest BCUT2D eigenvalue weighted by Gasteiger charge is 2.29. The molecule has 0 fully saturated rings. The van der Waals surface area contributed by atoms with Crippen molar-refractivity contribution in [1.29, 1.82) is 0 Å². The van der Waals surface area contributed by atoms with E-state index in [1.54, 1.807) is 33.8 Å². The third-order valence-corrected chi connectivity index (χ3v) is 2.73. The topological polar surface area (TPSA) is 60.2 Å². The Balaban J connectivity index is 3.47. The monoisotopic (exact) mass is 235 g/mol. The molecule has 0 atom stereocenters. The molecule has 92 valence electrons. The molecule has 0 spiro atoms. The molecule has 17 heavy (non-hydrogen) atoms. The summed E-state index contributed by atoms with van der Waals surface area (Å²) in [5, 5.41) is 11.0. The fourth-order valence-electron chi connectivity index (χ4n) is 1.54. The lowest BCUT2D eigenvalue weighted by molar-refractivity contribution is -0.385. The van der Waals surface area contributed by atoms with Crippen molar-refractivity contribution >= 4 is 11.5 Å². The Morgan fingerprint density at radius 1 is 1.18 bits per heavy atom. The first kappa shape index (κ1) is 13.4. The number of Topliss-reactive ketones (excluding diaryl/α,β-unsaturated/α-hetero) is 1. The van der Waals surface area contributed by atoms with Gasteiger partial charge in [-0.2, -0.15) is 0 Å². The van der Waals surface area contributed by atoms with Crippen LogP contribution < -0.4 is 0 Å². The predicted molar refractivity (Wildman–Crippen MR) is 66.4 cm³/mol. The number of rotatable bonds is 2. The van der Waals surface area contributed by atoms with E-state index in [9.17, 15) is 14.9 Å². The summed E-state index contributed by atoms with van der Waals surface area (Å²) in [6.07, 6.45) is 0. The van der Waals surface area contributed by atoms with Crippen LogP contribution in [0.5, 0.6) is 0 Å². The largest absolute Gasteiger partial charge is 0.293 e. The lowest BCUT2D eigenvalue weighted by Crippen LogP contribution is -2.21. The maximum absolute atomic E-state index is 12.2. The number of hydrogen-bond acceptors (Lipinski definition) is 3. The molecule has 0 aliphatic rings. The van der Waals surface area contributed by atoms with Gasteiger partial charge in [0.1, 0.15) is 0 Å². The number of nitro groups is 1. The van der Waals surface area contributed by atoms with Crippen molar-refractivity contribution in [3.8, 4) is 0 Å². The molecule has 0 unspecified atom stereocenters. The van der Waals surface area contributed by atoms with Gasteiger partial charge in [0.15, 0.2) is 5.78 Å². The smallest absolute Gasteiger partial charge is 0.280 e. The Hall–Kier alpha value is -1.71. The summed E-state index contributed by atoms with van der Waals surface area (Å²) in [6, 6.07) is 3.08. The Morgan fingerprint density at radius 2 is 1.65 bits per heavy atom. The Morgan fingerprint density at radius 3 is 2.06 bits per heavy atom. The number of aryl methyl sites for hydroxylation is 2. The molecule has 1 aromatic carbocycles. The van der Waals surface area contributed by atoms with Crippen LogP contribution in [0.3, 0.4) is 0 Å². The van der Waals surface area contributed by atoms with Crippen molar-refractivity contribution < 1.29 is 9.72 Å². The maximum atomic E-state index is 12.2. The Labute approximate surface area is 101 Å². The highest BCUT2D eigenvalue weighted by Crippen LogP contribution is 2.29. The molecule has 0 aromatic heterocycles. The van der Waals surface area contributed by atoms with Crippen molar-refractivity contribution in [2.45, 2.75) is 34.6 Å². The number of nitro benzene ring substituents is 1. The number of hydrogen-bond donors (Lipinski definition) is 0. The van der Waals surface area contributed by atoms with Crippen molar-refractivity contribution in [2.75, 3.05) is 0 Å². The molecule has 0 amide bonds. The van der Waals surface area contributed by atoms with E-state index < -0.39 is 10.3 Å². The molecule has 0 saturated heterocycles. The third-order valence-electron chi connectivity index (χ3n) is 2.73. The number of carbonyl (C=O) groups excluding carboxylic acids is 1. The molecule has 1 rings (SSSR count). The van der Waals surface area contributed by atoms with E-state index in [1.165, 1.54) is 6.07 Å². The molecular weight excluding hydrogens is 218 g/mol. The second kappa shape index (κ2) is 4.28. The van der Waals surface area contributed by atoms with Gasteiger partial charge in [-0.05, 0) is 31.0 Å². The lowest BCUT2D eigenvalue weighted by Gasteiger charge is -2.17. The van der Waals surface area contributed by atoms with E-state index in [-0.39, 0.29) is 17.0 Å². The second-order valence-corrected chi connectivity index (χ2v) is 5.29. The summed E-state index contributed by atoms with van der Waals surface area (Å²) < 4.78 is 0. The quantitative estimate of drug-likeness (QED) is 0.448. The molecule has 0 heterocycles. The van der Waals surface area contributed by atoms with Gasteiger partial charge in [0, 0.05) is 11.5 Å². The standard InChI is InChI=1S/C13H17NO3/c1-8-6-10(12(15)13(3,4)5)11(14(16)17)7-9(8)2/h6-7H,1-5H3. The third kappa shape index (κ3) is 2.70. The van der Waals surface area contributed by atoms with Crippen molar-refractivity contribution in [3.63, 3.8) is 0 Å². The zero-order valence-electron chi connectivity index (χ0n) is 10.8. The summed E-state index contributed by atoms with van der Waals surface area (Å²) in [4.78, 5) is 22.6. The van der Waals surface area contributed by atoms with Gasteiger partial charge in [-0.3, -0.25) is 14.9 Å². The minimum absolute atomic E-state index is 0.104. The fraction of sp³-hybridized carbons (Fsp3) is 0.462. The molecule has 0 saturated carbocycles. The lowest BCUT2D eigenvalue weighted by atomic mass is 9.85. The van der Waals surface area contributed by atoms with Crippen LogP contribution in [0, 0.1) is 29.4 Å². The average Bonchev–Trinajstić information content (AvgIpc) is 2.18. The van der Waals surface area contributed by atoms with Gasteiger partial charge in [0.25, 0.3) is 5.69 Å².